The molecule has 10 heteroatoms. The van der Waals surface area contributed by atoms with Gasteiger partial charge in [0.15, 0.2) is 0 Å². The van der Waals surface area contributed by atoms with Crippen molar-refractivity contribution in [1.82, 2.24) is 14.5 Å². The molecule has 0 aromatic carbocycles. The van der Waals surface area contributed by atoms with Gasteiger partial charge in [-0.1, -0.05) is 0 Å². The fourth-order valence-electron chi connectivity index (χ4n) is 1.76. The van der Waals surface area contributed by atoms with Gasteiger partial charge in [-0.3, -0.25) is 23.9 Å². The highest BCUT2D eigenvalue weighted by Gasteiger charge is 2.12. The van der Waals surface area contributed by atoms with Crippen molar-refractivity contribution >= 4 is 7.60 Å². The highest BCUT2D eigenvalue weighted by atomic mass is 31.2. The number of aromatic amines is 1. The number of rotatable bonds is 6. The lowest BCUT2D eigenvalue weighted by molar-refractivity contribution is 0.147. The van der Waals surface area contributed by atoms with E-state index in [1.54, 1.807) is 12.1 Å². The summed E-state index contributed by atoms with van der Waals surface area (Å²) in [6, 6.07) is 3.26. The smallest absolute Gasteiger partial charge is 0.350 e. The van der Waals surface area contributed by atoms with Gasteiger partial charge >= 0.3 is 13.3 Å². The van der Waals surface area contributed by atoms with E-state index in [4.69, 9.17) is 14.5 Å². The van der Waals surface area contributed by atoms with Crippen LogP contribution in [0.4, 0.5) is 0 Å². The molecule has 3 N–H and O–H groups in total. The Morgan fingerprint density at radius 2 is 1.95 bits per heavy atom. The van der Waals surface area contributed by atoms with Crippen molar-refractivity contribution in [2.75, 3.05) is 13.0 Å². The van der Waals surface area contributed by atoms with Crippen molar-refractivity contribution in [3.05, 3.63) is 51.6 Å². The second kappa shape index (κ2) is 6.80. The van der Waals surface area contributed by atoms with E-state index in [0.29, 0.717) is 5.56 Å². The highest BCUT2D eigenvalue weighted by molar-refractivity contribution is 7.51. The molecule has 118 valence electrons. The first-order valence-corrected chi connectivity index (χ1v) is 8.03. The predicted octanol–water partition coefficient (Wildman–Crippen LogP) is -0.250. The lowest BCUT2D eigenvalue weighted by atomic mass is 10.1. The van der Waals surface area contributed by atoms with Gasteiger partial charge in [0.25, 0.3) is 5.56 Å². The predicted molar refractivity (Wildman–Crippen MR) is 77.4 cm³/mol. The third-order valence-corrected chi connectivity index (χ3v) is 3.26. The van der Waals surface area contributed by atoms with E-state index in [9.17, 15) is 14.2 Å². The summed E-state index contributed by atoms with van der Waals surface area (Å²) in [5.41, 5.74) is -0.260. The zero-order chi connectivity index (χ0) is 16.2. The van der Waals surface area contributed by atoms with Crippen LogP contribution in [0.25, 0.3) is 11.1 Å². The molecule has 0 amide bonds. The van der Waals surface area contributed by atoms with Crippen molar-refractivity contribution in [3.8, 4) is 11.1 Å². The van der Waals surface area contributed by atoms with Crippen LogP contribution in [0, 0.1) is 0 Å². The fraction of sp³-hybridized carbons (Fsp3) is 0.250. The van der Waals surface area contributed by atoms with Crippen LogP contribution in [-0.4, -0.2) is 37.3 Å². The number of nitrogens with one attached hydrogen (secondary N) is 1. The van der Waals surface area contributed by atoms with E-state index in [1.165, 1.54) is 23.2 Å². The van der Waals surface area contributed by atoms with Gasteiger partial charge in [-0.25, -0.2) is 4.79 Å². The Kier molecular flexibility index (Phi) is 5.04. The number of H-pyrrole nitrogens is 1. The van der Waals surface area contributed by atoms with Gasteiger partial charge in [0.2, 0.25) is 0 Å². The third-order valence-electron chi connectivity index (χ3n) is 2.74. The van der Waals surface area contributed by atoms with Gasteiger partial charge in [0.1, 0.15) is 6.35 Å². The maximum Gasteiger partial charge on any atom is 0.350 e. The minimum absolute atomic E-state index is 0.0493. The monoisotopic (exact) mass is 327 g/mol. The lowest BCUT2D eigenvalue weighted by Gasteiger charge is -2.09. The van der Waals surface area contributed by atoms with E-state index < -0.39 is 25.2 Å². The quantitative estimate of drug-likeness (QED) is 0.492. The highest BCUT2D eigenvalue weighted by Crippen LogP contribution is 2.33. The number of aromatic nitrogens is 3. The maximum absolute atomic E-state index is 11.8. The van der Waals surface area contributed by atoms with E-state index in [2.05, 4.69) is 9.97 Å². The molecule has 9 nitrogen and oxygen atoms in total. The van der Waals surface area contributed by atoms with E-state index in [1.807, 2.05) is 0 Å². The normalized spacial score (nSPS) is 11.5. The molecule has 0 fully saturated rings. The molecular weight excluding hydrogens is 313 g/mol. The van der Waals surface area contributed by atoms with Gasteiger partial charge in [-0.2, -0.15) is 0 Å². The Labute approximate surface area is 124 Å². The minimum Gasteiger partial charge on any atom is -0.367 e. The summed E-state index contributed by atoms with van der Waals surface area (Å²) >= 11 is 0. The molecule has 0 radical (unpaired) electrons. The van der Waals surface area contributed by atoms with Crippen LogP contribution in [0.15, 0.2) is 40.3 Å². The Balaban J connectivity index is 2.17. The van der Waals surface area contributed by atoms with Crippen LogP contribution < -0.4 is 11.2 Å². The number of ether oxygens (including phenoxy) is 1. The van der Waals surface area contributed by atoms with Gasteiger partial charge in [-0.05, 0) is 17.7 Å². The van der Waals surface area contributed by atoms with E-state index in [0.717, 1.165) is 0 Å². The summed E-state index contributed by atoms with van der Waals surface area (Å²) in [6.45, 7) is -0.0272. The molecule has 22 heavy (non-hydrogen) atoms. The number of hydrogen-bond acceptors (Lipinski definition) is 5. The number of nitrogens with zero attached hydrogens (tertiary/aromatic N) is 2. The van der Waals surface area contributed by atoms with Crippen LogP contribution in [0.5, 0.6) is 0 Å². The molecule has 0 aliphatic heterocycles. The Morgan fingerprint density at radius 1 is 1.27 bits per heavy atom. The van der Waals surface area contributed by atoms with E-state index >= 15 is 0 Å². The topological polar surface area (TPSA) is 135 Å². The molecular formula is C12H14N3O6P. The van der Waals surface area contributed by atoms with Gasteiger partial charge in [0.05, 0.1) is 18.7 Å². The molecule has 0 spiro atoms. The zero-order valence-corrected chi connectivity index (χ0v) is 12.3. The molecule has 0 saturated heterocycles. The van der Waals surface area contributed by atoms with Crippen LogP contribution >= 0.6 is 7.60 Å². The zero-order valence-electron chi connectivity index (χ0n) is 11.4. The minimum atomic E-state index is -4.24. The summed E-state index contributed by atoms with van der Waals surface area (Å²) in [7, 11) is -4.24. The Morgan fingerprint density at radius 3 is 2.59 bits per heavy atom. The molecule has 2 rings (SSSR count). The molecule has 0 aliphatic rings. The fourth-order valence-corrected chi connectivity index (χ4v) is 2.13. The summed E-state index contributed by atoms with van der Waals surface area (Å²) in [5, 5.41) is 0. The van der Waals surface area contributed by atoms with E-state index in [-0.39, 0.29) is 18.7 Å². The van der Waals surface area contributed by atoms with Crippen molar-refractivity contribution < 1.29 is 19.1 Å². The Bertz CT molecular complexity index is 794. The standard InChI is InChI=1S/C12H14N3O6P/c16-11-10(9-1-3-13-4-2-9)7-15(12(17)14-11)5-6-21-8-22(18,19)20/h1-4,7H,5-6,8H2,(H,14,16,17)(H2,18,19,20). The molecule has 2 aromatic heterocycles. The summed E-state index contributed by atoms with van der Waals surface area (Å²) in [5.74, 6) is 0. The van der Waals surface area contributed by atoms with Crippen molar-refractivity contribution in [3.63, 3.8) is 0 Å². The first kappa shape index (κ1) is 16.3. The van der Waals surface area contributed by atoms with Gasteiger partial charge in [0, 0.05) is 18.6 Å². The molecule has 2 aromatic rings. The first-order valence-electron chi connectivity index (χ1n) is 6.23. The van der Waals surface area contributed by atoms with Crippen molar-refractivity contribution in [2.24, 2.45) is 0 Å². The van der Waals surface area contributed by atoms with Gasteiger partial charge < -0.3 is 14.5 Å². The number of pyridine rings is 1. The first-order chi connectivity index (χ1) is 10.4. The average molecular weight is 327 g/mol. The average Bonchev–Trinajstić information content (AvgIpc) is 2.45. The van der Waals surface area contributed by atoms with Crippen molar-refractivity contribution in [1.29, 1.82) is 0 Å². The second-order valence-corrected chi connectivity index (χ2v) is 6.02. The lowest BCUT2D eigenvalue weighted by Crippen LogP contribution is -2.31. The molecule has 0 bridgehead atoms. The van der Waals surface area contributed by atoms with Gasteiger partial charge in [-0.15, -0.1) is 0 Å². The molecule has 0 saturated carbocycles. The SMILES string of the molecule is O=c1[nH]c(=O)n(CCOCP(=O)(O)O)cc1-c1ccncc1. The largest absolute Gasteiger partial charge is 0.367 e. The molecule has 2 heterocycles. The molecule has 0 aliphatic carbocycles. The maximum atomic E-state index is 11.8. The van der Waals surface area contributed by atoms with Crippen LogP contribution in [0.3, 0.4) is 0 Å². The summed E-state index contributed by atoms with van der Waals surface area (Å²) in [4.78, 5) is 46.9. The Hall–Kier alpha value is -2.06. The van der Waals surface area contributed by atoms with Crippen molar-refractivity contribution in [2.45, 2.75) is 6.54 Å². The van der Waals surface area contributed by atoms with Crippen LogP contribution in [0.2, 0.25) is 0 Å². The third kappa shape index (κ3) is 4.47. The molecule has 0 atom stereocenters. The van der Waals surface area contributed by atoms with Crippen LogP contribution in [-0.2, 0) is 15.8 Å². The summed E-state index contributed by atoms with van der Waals surface area (Å²) < 4.78 is 16.7. The number of hydrogen-bond donors (Lipinski definition) is 3. The summed E-state index contributed by atoms with van der Waals surface area (Å²) in [6.07, 6.45) is 3.69. The van der Waals surface area contributed by atoms with Crippen LogP contribution in [0.1, 0.15) is 0 Å². The molecule has 0 unspecified atom stereocenters. The second-order valence-electron chi connectivity index (χ2n) is 4.43.